The van der Waals surface area contributed by atoms with Crippen molar-refractivity contribution < 1.29 is 4.79 Å². The summed E-state index contributed by atoms with van der Waals surface area (Å²) in [7, 11) is 3.92. The zero-order valence-electron chi connectivity index (χ0n) is 9.70. The Kier molecular flexibility index (Phi) is 4.71. The van der Waals surface area contributed by atoms with Gasteiger partial charge in [0.25, 0.3) is 5.91 Å². The van der Waals surface area contributed by atoms with Crippen molar-refractivity contribution in [2.45, 2.75) is 13.0 Å². The quantitative estimate of drug-likeness (QED) is 0.811. The molecule has 0 aromatic carbocycles. The zero-order valence-corrected chi connectivity index (χ0v) is 10.5. The maximum atomic E-state index is 11.7. The summed E-state index contributed by atoms with van der Waals surface area (Å²) in [5.74, 6) is -0.197. The number of rotatable bonds is 4. The van der Waals surface area contributed by atoms with Gasteiger partial charge in [-0.1, -0.05) is 17.7 Å². The molecule has 16 heavy (non-hydrogen) atoms. The first-order chi connectivity index (χ1) is 7.49. The topological polar surface area (TPSA) is 45.2 Å². The minimum atomic E-state index is -0.197. The van der Waals surface area contributed by atoms with E-state index in [1.165, 1.54) is 0 Å². The molecular weight excluding hydrogens is 226 g/mol. The largest absolute Gasteiger partial charge is 0.347 e. The second-order valence-corrected chi connectivity index (χ2v) is 4.37. The van der Waals surface area contributed by atoms with Crippen molar-refractivity contribution >= 4 is 17.5 Å². The second-order valence-electron chi connectivity index (χ2n) is 3.98. The Balaban J connectivity index is 2.59. The van der Waals surface area contributed by atoms with Gasteiger partial charge >= 0.3 is 0 Å². The van der Waals surface area contributed by atoms with Gasteiger partial charge in [0.2, 0.25) is 0 Å². The zero-order chi connectivity index (χ0) is 12.1. The van der Waals surface area contributed by atoms with Gasteiger partial charge in [0.05, 0.1) is 0 Å². The monoisotopic (exact) mass is 241 g/mol. The van der Waals surface area contributed by atoms with Crippen molar-refractivity contribution in [2.75, 3.05) is 20.6 Å². The average Bonchev–Trinajstić information content (AvgIpc) is 2.16. The SMILES string of the molecule is CC(CN(C)C)NC(=O)c1cccc(Cl)n1. The highest BCUT2D eigenvalue weighted by molar-refractivity contribution is 6.29. The molecule has 5 heteroatoms. The van der Waals surface area contributed by atoms with E-state index in [4.69, 9.17) is 11.6 Å². The lowest BCUT2D eigenvalue weighted by molar-refractivity contribution is 0.0929. The minimum absolute atomic E-state index is 0.0725. The van der Waals surface area contributed by atoms with Crippen molar-refractivity contribution in [2.24, 2.45) is 0 Å². The van der Waals surface area contributed by atoms with Crippen LogP contribution in [0.15, 0.2) is 18.2 Å². The van der Waals surface area contributed by atoms with Crippen molar-refractivity contribution in [1.29, 1.82) is 0 Å². The molecule has 1 rings (SSSR count). The van der Waals surface area contributed by atoms with Gasteiger partial charge in [-0.15, -0.1) is 0 Å². The van der Waals surface area contributed by atoms with E-state index < -0.39 is 0 Å². The molecule has 0 fully saturated rings. The lowest BCUT2D eigenvalue weighted by Gasteiger charge is -2.17. The third-order valence-electron chi connectivity index (χ3n) is 1.96. The number of nitrogens with one attached hydrogen (secondary N) is 1. The van der Waals surface area contributed by atoms with Crippen molar-refractivity contribution in [3.05, 3.63) is 29.0 Å². The third-order valence-corrected chi connectivity index (χ3v) is 2.17. The van der Waals surface area contributed by atoms with Gasteiger partial charge in [-0.3, -0.25) is 4.79 Å². The maximum absolute atomic E-state index is 11.7. The normalized spacial score (nSPS) is 12.6. The Morgan fingerprint density at radius 3 is 2.81 bits per heavy atom. The first-order valence-electron chi connectivity index (χ1n) is 5.07. The summed E-state index contributed by atoms with van der Waals surface area (Å²) in [6.45, 7) is 2.73. The highest BCUT2D eigenvalue weighted by Gasteiger charge is 2.11. The summed E-state index contributed by atoms with van der Waals surface area (Å²) in [5.41, 5.74) is 0.345. The van der Waals surface area contributed by atoms with Crippen LogP contribution in [0, 0.1) is 0 Å². The van der Waals surface area contributed by atoms with Gasteiger partial charge in [-0.2, -0.15) is 0 Å². The molecule has 1 atom stereocenters. The lowest BCUT2D eigenvalue weighted by atomic mass is 10.3. The van der Waals surface area contributed by atoms with Gasteiger partial charge in [-0.05, 0) is 33.2 Å². The Morgan fingerprint density at radius 2 is 2.25 bits per heavy atom. The minimum Gasteiger partial charge on any atom is -0.347 e. The first-order valence-corrected chi connectivity index (χ1v) is 5.45. The molecule has 4 nitrogen and oxygen atoms in total. The highest BCUT2D eigenvalue weighted by Crippen LogP contribution is 2.05. The van der Waals surface area contributed by atoms with Crippen LogP contribution in [0.3, 0.4) is 0 Å². The van der Waals surface area contributed by atoms with Gasteiger partial charge in [0.15, 0.2) is 0 Å². The van der Waals surface area contributed by atoms with Crippen LogP contribution >= 0.6 is 11.6 Å². The standard InChI is InChI=1S/C11H16ClN3O/c1-8(7-15(2)3)13-11(16)9-5-4-6-10(12)14-9/h4-6,8H,7H2,1-3H3,(H,13,16). The fourth-order valence-corrected chi connectivity index (χ4v) is 1.59. The molecule has 0 saturated heterocycles. The molecule has 1 aromatic heterocycles. The van der Waals surface area contributed by atoms with Crippen molar-refractivity contribution in [1.82, 2.24) is 15.2 Å². The predicted molar refractivity (Wildman–Crippen MR) is 64.7 cm³/mol. The highest BCUT2D eigenvalue weighted by atomic mass is 35.5. The van der Waals surface area contributed by atoms with Crippen LogP contribution in [0.5, 0.6) is 0 Å². The second kappa shape index (κ2) is 5.82. The molecule has 0 aliphatic carbocycles. The molecule has 1 amide bonds. The fraction of sp³-hybridized carbons (Fsp3) is 0.455. The molecule has 1 aromatic rings. The van der Waals surface area contributed by atoms with Gasteiger partial charge in [0, 0.05) is 12.6 Å². The number of pyridine rings is 1. The number of nitrogens with zero attached hydrogens (tertiary/aromatic N) is 2. The number of amides is 1. The van der Waals surface area contributed by atoms with Crippen LogP contribution in [0.25, 0.3) is 0 Å². The van der Waals surface area contributed by atoms with E-state index in [0.717, 1.165) is 6.54 Å². The lowest BCUT2D eigenvalue weighted by Crippen LogP contribution is -2.39. The summed E-state index contributed by atoms with van der Waals surface area (Å²) in [4.78, 5) is 17.7. The molecule has 0 aliphatic rings. The predicted octanol–water partition coefficient (Wildman–Crippen LogP) is 1.41. The third kappa shape index (κ3) is 4.16. The summed E-state index contributed by atoms with van der Waals surface area (Å²) < 4.78 is 0. The van der Waals surface area contributed by atoms with E-state index in [-0.39, 0.29) is 11.9 Å². The van der Waals surface area contributed by atoms with Crippen molar-refractivity contribution in [3.63, 3.8) is 0 Å². The number of carbonyl (C=O) groups excluding carboxylic acids is 1. The summed E-state index contributed by atoms with van der Waals surface area (Å²) in [6, 6.07) is 5.06. The molecule has 0 radical (unpaired) electrons. The Bertz CT molecular complexity index is 368. The van der Waals surface area contributed by atoms with Crippen LogP contribution in [-0.2, 0) is 0 Å². The fourth-order valence-electron chi connectivity index (χ4n) is 1.43. The van der Waals surface area contributed by atoms with E-state index in [9.17, 15) is 4.79 Å². The summed E-state index contributed by atoms with van der Waals surface area (Å²) in [5, 5.41) is 3.18. The van der Waals surface area contributed by atoms with Crippen LogP contribution in [0.4, 0.5) is 0 Å². The van der Waals surface area contributed by atoms with Crippen LogP contribution in [0.1, 0.15) is 17.4 Å². The summed E-state index contributed by atoms with van der Waals surface area (Å²) >= 11 is 5.71. The number of carbonyl (C=O) groups is 1. The van der Waals surface area contributed by atoms with Gasteiger partial charge in [-0.25, -0.2) is 4.98 Å². The van der Waals surface area contributed by atoms with E-state index in [1.807, 2.05) is 25.9 Å². The molecule has 88 valence electrons. The Hall–Kier alpha value is -1.13. The first kappa shape index (κ1) is 12.9. The smallest absolute Gasteiger partial charge is 0.270 e. The molecule has 0 saturated carbocycles. The molecule has 0 spiro atoms. The molecular formula is C11H16ClN3O. The van der Waals surface area contributed by atoms with Gasteiger partial charge < -0.3 is 10.2 Å². The van der Waals surface area contributed by atoms with Gasteiger partial charge in [0.1, 0.15) is 10.8 Å². The van der Waals surface area contributed by atoms with Crippen LogP contribution in [-0.4, -0.2) is 42.5 Å². The van der Waals surface area contributed by atoms with Crippen LogP contribution in [0.2, 0.25) is 5.15 Å². The van der Waals surface area contributed by atoms with Crippen LogP contribution < -0.4 is 5.32 Å². The number of likely N-dealkylation sites (N-methyl/N-ethyl adjacent to an activating group) is 1. The summed E-state index contributed by atoms with van der Waals surface area (Å²) in [6.07, 6.45) is 0. The number of halogens is 1. The Morgan fingerprint density at radius 1 is 1.56 bits per heavy atom. The molecule has 0 aliphatic heterocycles. The van der Waals surface area contributed by atoms with E-state index in [2.05, 4.69) is 10.3 Å². The molecule has 1 N–H and O–H groups in total. The average molecular weight is 242 g/mol. The Labute approximate surface area is 101 Å². The maximum Gasteiger partial charge on any atom is 0.270 e. The number of hydrogen-bond acceptors (Lipinski definition) is 3. The number of aromatic nitrogens is 1. The van der Waals surface area contributed by atoms with E-state index in [1.54, 1.807) is 18.2 Å². The number of hydrogen-bond donors (Lipinski definition) is 1. The van der Waals surface area contributed by atoms with Crippen molar-refractivity contribution in [3.8, 4) is 0 Å². The van der Waals surface area contributed by atoms with E-state index >= 15 is 0 Å². The van der Waals surface area contributed by atoms with E-state index in [0.29, 0.717) is 10.8 Å². The molecule has 0 bridgehead atoms. The molecule has 1 heterocycles. The molecule has 1 unspecified atom stereocenters.